The first-order valence-electron chi connectivity index (χ1n) is 6.71. The number of hydrogen-bond donors (Lipinski definition) is 1. The van der Waals surface area contributed by atoms with Crippen molar-refractivity contribution in [3.8, 4) is 5.75 Å². The van der Waals surface area contributed by atoms with Gasteiger partial charge in [-0.2, -0.15) is 0 Å². The molecular weight excluding hydrogens is 304 g/mol. The summed E-state index contributed by atoms with van der Waals surface area (Å²) in [5, 5.41) is 10.7. The van der Waals surface area contributed by atoms with E-state index in [-0.39, 0.29) is 0 Å². The minimum Gasteiger partial charge on any atom is -0.494 e. The summed E-state index contributed by atoms with van der Waals surface area (Å²) < 4.78 is 5.72. The third-order valence-electron chi connectivity index (χ3n) is 3.09. The minimum atomic E-state index is -0.857. The van der Waals surface area contributed by atoms with Gasteiger partial charge in [0.05, 0.1) is 6.61 Å². The number of aryl methyl sites for hydroxylation is 2. The molecule has 1 aromatic heterocycles. The Balaban J connectivity index is 1.69. The van der Waals surface area contributed by atoms with Crippen LogP contribution in [0.2, 0.25) is 0 Å². The van der Waals surface area contributed by atoms with Crippen molar-refractivity contribution in [2.45, 2.75) is 25.2 Å². The third-order valence-corrected chi connectivity index (χ3v) is 5.22. The highest BCUT2D eigenvalue weighted by atomic mass is 32.2. The van der Waals surface area contributed by atoms with E-state index in [4.69, 9.17) is 9.84 Å². The quantitative estimate of drug-likeness (QED) is 0.596. The summed E-state index contributed by atoms with van der Waals surface area (Å²) in [6, 6.07) is 7.84. The first-order valence-corrected chi connectivity index (χ1v) is 8.57. The summed E-state index contributed by atoms with van der Waals surface area (Å²) >= 11 is 2.94. The van der Waals surface area contributed by atoms with Crippen LogP contribution in [0.25, 0.3) is 0 Å². The van der Waals surface area contributed by atoms with Crippen LogP contribution in [0.4, 0.5) is 0 Å². The normalized spacial score (nSPS) is 10.6. The number of thioether (sulfide) groups is 1. The second-order valence-corrected chi connectivity index (χ2v) is 6.83. The highest BCUT2D eigenvalue weighted by Gasteiger charge is 2.06. The third kappa shape index (κ3) is 4.79. The largest absolute Gasteiger partial charge is 0.494 e. The standard InChI is InChI=1S/C16H18O3S2/c1-11-4-5-13(8-12(11)2)19-6-3-7-20-14-9-15(16(17)18)21-10-14/h4-5,8-10H,3,6-7H2,1-2H3,(H,17,18). The van der Waals surface area contributed by atoms with Gasteiger partial charge in [0.25, 0.3) is 0 Å². The fourth-order valence-corrected chi connectivity index (χ4v) is 3.55. The van der Waals surface area contributed by atoms with E-state index in [0.717, 1.165) is 22.8 Å². The van der Waals surface area contributed by atoms with E-state index in [1.807, 2.05) is 11.4 Å². The van der Waals surface area contributed by atoms with Crippen molar-refractivity contribution in [1.29, 1.82) is 0 Å². The lowest BCUT2D eigenvalue weighted by molar-refractivity contribution is 0.0702. The van der Waals surface area contributed by atoms with Crippen LogP contribution in [0.1, 0.15) is 27.2 Å². The van der Waals surface area contributed by atoms with E-state index < -0.39 is 5.97 Å². The molecular formula is C16H18O3S2. The summed E-state index contributed by atoms with van der Waals surface area (Å²) in [4.78, 5) is 12.2. The number of hydrogen-bond acceptors (Lipinski definition) is 4. The minimum absolute atomic E-state index is 0.392. The van der Waals surface area contributed by atoms with E-state index in [9.17, 15) is 4.79 Å². The molecule has 1 N–H and O–H groups in total. The van der Waals surface area contributed by atoms with Crippen LogP contribution in [0.3, 0.4) is 0 Å². The van der Waals surface area contributed by atoms with Gasteiger partial charge in [0.2, 0.25) is 0 Å². The predicted molar refractivity (Wildman–Crippen MR) is 88.0 cm³/mol. The lowest BCUT2D eigenvalue weighted by Crippen LogP contribution is -1.99. The monoisotopic (exact) mass is 322 g/mol. The number of rotatable bonds is 7. The maximum atomic E-state index is 10.8. The van der Waals surface area contributed by atoms with E-state index in [2.05, 4.69) is 26.0 Å². The van der Waals surface area contributed by atoms with Crippen LogP contribution in [0, 0.1) is 13.8 Å². The van der Waals surface area contributed by atoms with Gasteiger partial charge < -0.3 is 9.84 Å². The highest BCUT2D eigenvalue weighted by molar-refractivity contribution is 7.99. The first kappa shape index (κ1) is 15.9. The Labute approximate surface area is 133 Å². The Hall–Kier alpha value is -1.46. The van der Waals surface area contributed by atoms with Gasteiger partial charge >= 0.3 is 5.97 Å². The molecule has 0 saturated heterocycles. The molecule has 0 amide bonds. The molecule has 3 nitrogen and oxygen atoms in total. The van der Waals surface area contributed by atoms with Crippen molar-refractivity contribution in [3.05, 3.63) is 45.6 Å². The number of benzene rings is 1. The molecule has 0 fully saturated rings. The van der Waals surface area contributed by atoms with Gasteiger partial charge in [-0.15, -0.1) is 23.1 Å². The molecule has 0 bridgehead atoms. The SMILES string of the molecule is Cc1ccc(OCCCSc2csc(C(=O)O)c2)cc1C. The molecule has 2 aromatic rings. The van der Waals surface area contributed by atoms with Crippen LogP contribution in [-0.4, -0.2) is 23.4 Å². The maximum Gasteiger partial charge on any atom is 0.345 e. The topological polar surface area (TPSA) is 46.5 Å². The number of carbonyl (C=O) groups is 1. The molecule has 0 spiro atoms. The summed E-state index contributed by atoms with van der Waals surface area (Å²) in [6.45, 7) is 4.84. The molecule has 1 aromatic carbocycles. The molecule has 0 aliphatic carbocycles. The number of carboxylic acid groups (broad SMARTS) is 1. The maximum absolute atomic E-state index is 10.8. The van der Waals surface area contributed by atoms with Crippen molar-refractivity contribution >= 4 is 29.1 Å². The van der Waals surface area contributed by atoms with Gasteiger partial charge in [-0.25, -0.2) is 4.79 Å². The Kier molecular flexibility index (Phi) is 5.70. The molecule has 0 atom stereocenters. The second-order valence-electron chi connectivity index (χ2n) is 4.75. The van der Waals surface area contributed by atoms with E-state index >= 15 is 0 Å². The van der Waals surface area contributed by atoms with Crippen molar-refractivity contribution < 1.29 is 14.6 Å². The molecule has 2 rings (SSSR count). The molecule has 0 unspecified atom stereocenters. The average molecular weight is 322 g/mol. The second kappa shape index (κ2) is 7.52. The van der Waals surface area contributed by atoms with Crippen molar-refractivity contribution in [3.63, 3.8) is 0 Å². The molecule has 5 heteroatoms. The average Bonchev–Trinajstić information content (AvgIpc) is 2.91. The molecule has 1 heterocycles. The summed E-state index contributed by atoms with van der Waals surface area (Å²) in [5.41, 5.74) is 2.51. The van der Waals surface area contributed by atoms with Crippen LogP contribution >= 0.6 is 23.1 Å². The van der Waals surface area contributed by atoms with Gasteiger partial charge in [-0.3, -0.25) is 0 Å². The van der Waals surface area contributed by atoms with E-state index in [0.29, 0.717) is 11.5 Å². The van der Waals surface area contributed by atoms with Crippen LogP contribution in [0.15, 0.2) is 34.5 Å². The van der Waals surface area contributed by atoms with E-state index in [1.165, 1.54) is 22.5 Å². The number of carboxylic acids is 1. The first-order chi connectivity index (χ1) is 10.1. The van der Waals surface area contributed by atoms with Gasteiger partial charge in [0.1, 0.15) is 10.6 Å². The summed E-state index contributed by atoms with van der Waals surface area (Å²) in [7, 11) is 0. The molecule has 112 valence electrons. The van der Waals surface area contributed by atoms with Gasteiger partial charge in [-0.05, 0) is 49.6 Å². The summed E-state index contributed by atoms with van der Waals surface area (Å²) in [5.74, 6) is 0.970. The molecule has 0 radical (unpaired) electrons. The van der Waals surface area contributed by atoms with Crippen LogP contribution in [-0.2, 0) is 0 Å². The highest BCUT2D eigenvalue weighted by Crippen LogP contribution is 2.25. The lowest BCUT2D eigenvalue weighted by Gasteiger charge is -2.08. The smallest absolute Gasteiger partial charge is 0.345 e. The number of aromatic carboxylic acids is 1. The summed E-state index contributed by atoms with van der Waals surface area (Å²) in [6.07, 6.45) is 0.926. The predicted octanol–water partition coefficient (Wildman–Crippen LogP) is 4.62. The van der Waals surface area contributed by atoms with Crippen LogP contribution in [0.5, 0.6) is 5.75 Å². The van der Waals surface area contributed by atoms with Crippen molar-refractivity contribution in [1.82, 2.24) is 0 Å². The zero-order valence-electron chi connectivity index (χ0n) is 12.1. The Morgan fingerprint density at radius 3 is 2.76 bits per heavy atom. The van der Waals surface area contributed by atoms with Crippen molar-refractivity contribution in [2.75, 3.05) is 12.4 Å². The lowest BCUT2D eigenvalue weighted by atomic mass is 10.1. The number of ether oxygens (including phenoxy) is 1. The Morgan fingerprint density at radius 2 is 2.10 bits per heavy atom. The fourth-order valence-electron chi connectivity index (χ4n) is 1.75. The van der Waals surface area contributed by atoms with Gasteiger partial charge in [0.15, 0.2) is 0 Å². The Morgan fingerprint density at radius 1 is 1.29 bits per heavy atom. The van der Waals surface area contributed by atoms with Crippen molar-refractivity contribution in [2.24, 2.45) is 0 Å². The van der Waals surface area contributed by atoms with E-state index in [1.54, 1.807) is 17.8 Å². The Bertz CT molecular complexity index is 620. The zero-order chi connectivity index (χ0) is 15.2. The van der Waals surface area contributed by atoms with Crippen LogP contribution < -0.4 is 4.74 Å². The number of thiophene rings is 1. The fraction of sp³-hybridized carbons (Fsp3) is 0.312. The van der Waals surface area contributed by atoms with Gasteiger partial charge in [0, 0.05) is 16.0 Å². The van der Waals surface area contributed by atoms with Gasteiger partial charge in [-0.1, -0.05) is 6.07 Å². The molecule has 0 aliphatic rings. The molecule has 0 saturated carbocycles. The zero-order valence-corrected chi connectivity index (χ0v) is 13.7. The molecule has 0 aliphatic heterocycles. The molecule has 21 heavy (non-hydrogen) atoms.